The molecule has 0 bridgehead atoms. The fourth-order valence-electron chi connectivity index (χ4n) is 2.13. The quantitative estimate of drug-likeness (QED) is 0.784. The van der Waals surface area contributed by atoms with Crippen molar-refractivity contribution in [1.29, 1.82) is 0 Å². The van der Waals surface area contributed by atoms with Crippen molar-refractivity contribution < 1.29 is 14.6 Å². The zero-order chi connectivity index (χ0) is 15.3. The van der Waals surface area contributed by atoms with Gasteiger partial charge in [0, 0.05) is 12.1 Å². The van der Waals surface area contributed by atoms with Crippen molar-refractivity contribution in [3.05, 3.63) is 34.9 Å². The predicted octanol–water partition coefficient (Wildman–Crippen LogP) is 2.27. The SMILES string of the molecule is COC(=O)CC(NC(C)C)C(O)c1ccc(C)c(C)c1. The molecule has 4 heteroatoms. The van der Waals surface area contributed by atoms with E-state index in [1.165, 1.54) is 12.7 Å². The number of nitrogens with one attached hydrogen (secondary N) is 1. The van der Waals surface area contributed by atoms with Crippen molar-refractivity contribution in [3.8, 4) is 0 Å². The van der Waals surface area contributed by atoms with Crippen LogP contribution in [-0.4, -0.2) is 30.3 Å². The number of carbonyl (C=O) groups excluding carboxylic acids is 1. The number of aliphatic hydroxyl groups is 1. The summed E-state index contributed by atoms with van der Waals surface area (Å²) in [6.45, 7) is 8.01. The molecule has 0 spiro atoms. The Bertz CT molecular complexity index is 457. The number of methoxy groups -OCH3 is 1. The van der Waals surface area contributed by atoms with Crippen molar-refractivity contribution in [1.82, 2.24) is 5.32 Å². The molecule has 0 aliphatic rings. The van der Waals surface area contributed by atoms with E-state index in [2.05, 4.69) is 5.32 Å². The third-order valence-corrected chi connectivity index (χ3v) is 3.42. The lowest BCUT2D eigenvalue weighted by Crippen LogP contribution is -2.41. The van der Waals surface area contributed by atoms with E-state index in [4.69, 9.17) is 4.74 Å². The second kappa shape index (κ2) is 7.41. The Kier molecular flexibility index (Phi) is 6.17. The summed E-state index contributed by atoms with van der Waals surface area (Å²) in [4.78, 5) is 11.5. The van der Waals surface area contributed by atoms with Gasteiger partial charge in [-0.25, -0.2) is 0 Å². The van der Waals surface area contributed by atoms with Gasteiger partial charge >= 0.3 is 5.97 Å². The molecule has 0 saturated carbocycles. The lowest BCUT2D eigenvalue weighted by Gasteiger charge is -2.26. The molecule has 20 heavy (non-hydrogen) atoms. The molecule has 2 atom stereocenters. The molecule has 0 aliphatic heterocycles. The average molecular weight is 279 g/mol. The van der Waals surface area contributed by atoms with Crippen molar-refractivity contribution >= 4 is 5.97 Å². The standard InChI is InChI=1S/C16H25NO3/c1-10(2)17-14(9-15(18)20-5)16(19)13-7-6-11(3)12(4)8-13/h6-8,10,14,16-17,19H,9H2,1-5H3. The minimum absolute atomic E-state index is 0.142. The largest absolute Gasteiger partial charge is 0.469 e. The van der Waals surface area contributed by atoms with E-state index in [9.17, 15) is 9.90 Å². The molecule has 0 aliphatic carbocycles. The van der Waals surface area contributed by atoms with Crippen LogP contribution in [0.4, 0.5) is 0 Å². The van der Waals surface area contributed by atoms with Gasteiger partial charge < -0.3 is 15.2 Å². The van der Waals surface area contributed by atoms with E-state index in [1.807, 2.05) is 45.9 Å². The maximum atomic E-state index is 11.5. The van der Waals surface area contributed by atoms with Gasteiger partial charge in [-0.2, -0.15) is 0 Å². The molecule has 0 aromatic heterocycles. The first-order valence-corrected chi connectivity index (χ1v) is 6.93. The molecule has 1 rings (SSSR count). The molecule has 2 unspecified atom stereocenters. The highest BCUT2D eigenvalue weighted by molar-refractivity contribution is 5.70. The van der Waals surface area contributed by atoms with Gasteiger partial charge in [-0.15, -0.1) is 0 Å². The smallest absolute Gasteiger partial charge is 0.307 e. The third kappa shape index (κ3) is 4.62. The molecule has 0 radical (unpaired) electrons. The zero-order valence-electron chi connectivity index (χ0n) is 12.9. The first-order valence-electron chi connectivity index (χ1n) is 6.93. The number of rotatable bonds is 6. The van der Waals surface area contributed by atoms with Crippen LogP contribution < -0.4 is 5.32 Å². The lowest BCUT2D eigenvalue weighted by molar-refractivity contribution is -0.142. The van der Waals surface area contributed by atoms with Crippen LogP contribution in [0, 0.1) is 13.8 Å². The minimum atomic E-state index is -0.740. The van der Waals surface area contributed by atoms with Crippen molar-refractivity contribution in [2.75, 3.05) is 7.11 Å². The van der Waals surface area contributed by atoms with E-state index in [1.54, 1.807) is 0 Å². The van der Waals surface area contributed by atoms with Crippen LogP contribution in [-0.2, 0) is 9.53 Å². The van der Waals surface area contributed by atoms with Gasteiger partial charge in [0.25, 0.3) is 0 Å². The van der Waals surface area contributed by atoms with E-state index in [0.717, 1.165) is 11.1 Å². The molecule has 0 amide bonds. The molecule has 0 saturated heterocycles. The summed E-state index contributed by atoms with van der Waals surface area (Å²) in [7, 11) is 1.36. The summed E-state index contributed by atoms with van der Waals surface area (Å²) < 4.78 is 4.70. The summed E-state index contributed by atoms with van der Waals surface area (Å²) >= 11 is 0. The van der Waals surface area contributed by atoms with Crippen molar-refractivity contribution in [2.45, 2.75) is 52.3 Å². The van der Waals surface area contributed by atoms with Gasteiger partial charge in [0.15, 0.2) is 0 Å². The number of aryl methyl sites for hydroxylation is 2. The van der Waals surface area contributed by atoms with Crippen LogP contribution in [0.25, 0.3) is 0 Å². The third-order valence-electron chi connectivity index (χ3n) is 3.42. The molecule has 112 valence electrons. The molecule has 1 aromatic rings. The Hall–Kier alpha value is -1.39. The molecular formula is C16H25NO3. The first-order chi connectivity index (χ1) is 9.35. The highest BCUT2D eigenvalue weighted by atomic mass is 16.5. The monoisotopic (exact) mass is 279 g/mol. The first kappa shape index (κ1) is 16.7. The Balaban J connectivity index is 2.93. The maximum Gasteiger partial charge on any atom is 0.307 e. The van der Waals surface area contributed by atoms with E-state index in [0.29, 0.717) is 0 Å². The van der Waals surface area contributed by atoms with Gasteiger partial charge in [-0.1, -0.05) is 32.0 Å². The van der Waals surface area contributed by atoms with Gasteiger partial charge in [0.05, 0.1) is 19.6 Å². The van der Waals surface area contributed by atoms with E-state index < -0.39 is 6.10 Å². The van der Waals surface area contributed by atoms with Crippen molar-refractivity contribution in [3.63, 3.8) is 0 Å². The highest BCUT2D eigenvalue weighted by Crippen LogP contribution is 2.22. The topological polar surface area (TPSA) is 58.6 Å². The summed E-state index contributed by atoms with van der Waals surface area (Å²) in [5.74, 6) is -0.328. The van der Waals surface area contributed by atoms with Gasteiger partial charge in [0.1, 0.15) is 0 Å². The second-order valence-electron chi connectivity index (χ2n) is 5.50. The van der Waals surface area contributed by atoms with Crippen molar-refractivity contribution in [2.24, 2.45) is 0 Å². The van der Waals surface area contributed by atoms with Crippen LogP contribution >= 0.6 is 0 Å². The fourth-order valence-corrected chi connectivity index (χ4v) is 2.13. The number of benzene rings is 1. The molecular weight excluding hydrogens is 254 g/mol. The van der Waals surface area contributed by atoms with Gasteiger partial charge in [0.2, 0.25) is 0 Å². The van der Waals surface area contributed by atoms with Crippen LogP contribution in [0.3, 0.4) is 0 Å². The Morgan fingerprint density at radius 1 is 1.30 bits per heavy atom. The summed E-state index contributed by atoms with van der Waals surface area (Å²) in [6.07, 6.45) is -0.598. The Morgan fingerprint density at radius 2 is 1.95 bits per heavy atom. The number of carbonyl (C=O) groups is 1. The summed E-state index contributed by atoms with van der Waals surface area (Å²) in [6, 6.07) is 5.67. The van der Waals surface area contributed by atoms with Crippen LogP contribution in [0.2, 0.25) is 0 Å². The maximum absolute atomic E-state index is 11.5. The predicted molar refractivity (Wildman–Crippen MR) is 79.6 cm³/mol. The second-order valence-corrected chi connectivity index (χ2v) is 5.50. The minimum Gasteiger partial charge on any atom is -0.469 e. The van der Waals surface area contributed by atoms with E-state index in [-0.39, 0.29) is 24.5 Å². The number of hydrogen-bond acceptors (Lipinski definition) is 4. The lowest BCUT2D eigenvalue weighted by atomic mass is 9.96. The molecule has 0 fully saturated rings. The normalized spacial score (nSPS) is 14.2. The van der Waals surface area contributed by atoms with Crippen LogP contribution in [0.5, 0.6) is 0 Å². The fraction of sp³-hybridized carbons (Fsp3) is 0.562. The number of hydrogen-bond donors (Lipinski definition) is 2. The summed E-state index contributed by atoms with van der Waals surface area (Å²) in [5, 5.41) is 13.7. The zero-order valence-corrected chi connectivity index (χ0v) is 12.9. The Labute approximate surface area is 121 Å². The van der Waals surface area contributed by atoms with E-state index >= 15 is 0 Å². The molecule has 2 N–H and O–H groups in total. The summed E-state index contributed by atoms with van der Waals surface area (Å²) in [5.41, 5.74) is 3.13. The Morgan fingerprint density at radius 3 is 2.45 bits per heavy atom. The van der Waals surface area contributed by atoms with Gasteiger partial charge in [-0.05, 0) is 30.5 Å². The van der Waals surface area contributed by atoms with Gasteiger partial charge in [-0.3, -0.25) is 4.79 Å². The molecule has 1 aromatic carbocycles. The highest BCUT2D eigenvalue weighted by Gasteiger charge is 2.24. The number of ether oxygens (including phenoxy) is 1. The average Bonchev–Trinajstić information content (AvgIpc) is 2.39. The molecule has 0 heterocycles. The number of esters is 1. The van der Waals surface area contributed by atoms with Crippen LogP contribution in [0.15, 0.2) is 18.2 Å². The molecule has 4 nitrogen and oxygen atoms in total. The van der Waals surface area contributed by atoms with Crippen LogP contribution in [0.1, 0.15) is 43.1 Å². The number of aliphatic hydroxyl groups excluding tert-OH is 1.